The van der Waals surface area contributed by atoms with E-state index in [-0.39, 0.29) is 22.8 Å². The molecule has 1 fully saturated rings. The third kappa shape index (κ3) is 4.46. The van der Waals surface area contributed by atoms with Gasteiger partial charge in [-0.3, -0.25) is 14.9 Å². The average molecular weight is 359 g/mol. The minimum Gasteiger partial charge on any atom is -0.307 e. The molecule has 2 aromatic rings. The lowest BCUT2D eigenvalue weighted by atomic mass is 9.88. The first-order valence-corrected chi connectivity index (χ1v) is 9.03. The number of H-pyrrole nitrogens is 1. The van der Waals surface area contributed by atoms with Crippen molar-refractivity contribution in [3.63, 3.8) is 0 Å². The number of carbonyl (C=O) groups excluding carboxylic acids is 1. The zero-order valence-corrected chi connectivity index (χ0v) is 15.6. The summed E-state index contributed by atoms with van der Waals surface area (Å²) in [6.45, 7) is 9.04. The van der Waals surface area contributed by atoms with Crippen LogP contribution in [0.1, 0.15) is 38.8 Å². The monoisotopic (exact) mass is 359 g/mol. The predicted molar refractivity (Wildman–Crippen MR) is 99.2 cm³/mol. The molecule has 6 nitrogen and oxygen atoms in total. The van der Waals surface area contributed by atoms with E-state index in [9.17, 15) is 9.18 Å². The van der Waals surface area contributed by atoms with Crippen LogP contribution >= 0.6 is 0 Å². The zero-order chi connectivity index (χ0) is 18.7. The molecule has 0 aromatic carbocycles. The fourth-order valence-electron chi connectivity index (χ4n) is 3.43. The number of hydrogen-bond acceptors (Lipinski definition) is 4. The van der Waals surface area contributed by atoms with E-state index in [0.717, 1.165) is 25.3 Å². The first-order valence-electron chi connectivity index (χ1n) is 9.03. The molecule has 3 heterocycles. The van der Waals surface area contributed by atoms with E-state index in [1.165, 1.54) is 12.8 Å². The Bertz CT molecular complexity index is 763. The molecule has 2 N–H and O–H groups in total. The van der Waals surface area contributed by atoms with Crippen molar-refractivity contribution >= 4 is 11.7 Å². The molecule has 0 radical (unpaired) electrons. The summed E-state index contributed by atoms with van der Waals surface area (Å²) >= 11 is 0. The maximum atomic E-state index is 14.6. The molecule has 1 aliphatic heterocycles. The Morgan fingerprint density at radius 1 is 1.35 bits per heavy atom. The van der Waals surface area contributed by atoms with E-state index in [1.54, 1.807) is 18.3 Å². The Balaban J connectivity index is 1.63. The molecule has 0 bridgehead atoms. The summed E-state index contributed by atoms with van der Waals surface area (Å²) in [6, 6.07) is 3.57. The Labute approximate surface area is 153 Å². The van der Waals surface area contributed by atoms with Crippen LogP contribution < -0.4 is 5.32 Å². The van der Waals surface area contributed by atoms with Crippen LogP contribution in [0.15, 0.2) is 18.3 Å². The van der Waals surface area contributed by atoms with Gasteiger partial charge in [0.05, 0.1) is 0 Å². The summed E-state index contributed by atoms with van der Waals surface area (Å²) in [5, 5.41) is 9.16. The second-order valence-corrected chi connectivity index (χ2v) is 7.82. The topological polar surface area (TPSA) is 73.9 Å². The summed E-state index contributed by atoms with van der Waals surface area (Å²) in [5.74, 6) is -0.864. The van der Waals surface area contributed by atoms with Gasteiger partial charge < -0.3 is 10.2 Å². The molecule has 1 aliphatic rings. The van der Waals surface area contributed by atoms with Gasteiger partial charge in [-0.05, 0) is 50.4 Å². The van der Waals surface area contributed by atoms with Gasteiger partial charge in [-0.1, -0.05) is 13.8 Å². The molecule has 3 rings (SSSR count). The van der Waals surface area contributed by atoms with Gasteiger partial charge in [0.15, 0.2) is 11.6 Å². The Morgan fingerprint density at radius 2 is 2.08 bits per heavy atom. The molecule has 7 heteroatoms. The van der Waals surface area contributed by atoms with Crippen LogP contribution in [0.25, 0.3) is 11.3 Å². The second kappa shape index (κ2) is 7.53. The first kappa shape index (κ1) is 18.5. The number of aromatic amines is 1. The second-order valence-electron chi connectivity index (χ2n) is 7.82. The molecule has 0 unspecified atom stereocenters. The largest absolute Gasteiger partial charge is 0.307 e. The van der Waals surface area contributed by atoms with Crippen LogP contribution in [0.3, 0.4) is 0 Å². The number of amides is 1. The molecule has 2 aromatic heterocycles. The number of pyridine rings is 1. The number of carbonyl (C=O) groups is 1. The smallest absolute Gasteiger partial charge is 0.226 e. The van der Waals surface area contributed by atoms with Gasteiger partial charge in [0.2, 0.25) is 5.91 Å². The quantitative estimate of drug-likeness (QED) is 0.829. The average Bonchev–Trinajstić information content (AvgIpc) is 3.18. The van der Waals surface area contributed by atoms with Crippen molar-refractivity contribution in [2.45, 2.75) is 40.0 Å². The Hall–Kier alpha value is -2.28. The minimum atomic E-state index is -0.568. The fraction of sp³-hybridized carbons (Fsp3) is 0.526. The number of anilines is 1. The molecular formula is C19H26FN5O. The number of halogens is 1. The van der Waals surface area contributed by atoms with Crippen LogP contribution in [0.5, 0.6) is 0 Å². The van der Waals surface area contributed by atoms with E-state index in [1.807, 2.05) is 6.92 Å². The number of nitrogens with one attached hydrogen (secondary N) is 2. The molecule has 0 saturated carbocycles. The maximum absolute atomic E-state index is 14.6. The van der Waals surface area contributed by atoms with Gasteiger partial charge in [0.1, 0.15) is 5.69 Å². The normalized spacial score (nSPS) is 15.4. The predicted octanol–water partition coefficient (Wildman–Crippen LogP) is 3.37. The summed E-state index contributed by atoms with van der Waals surface area (Å²) in [6.07, 6.45) is 4.34. The van der Waals surface area contributed by atoms with Gasteiger partial charge in [0.25, 0.3) is 0 Å². The molecule has 140 valence electrons. The van der Waals surface area contributed by atoms with Gasteiger partial charge in [-0.25, -0.2) is 4.39 Å². The lowest BCUT2D eigenvalue weighted by Gasteiger charge is -2.29. The van der Waals surface area contributed by atoms with Crippen molar-refractivity contribution in [1.82, 2.24) is 20.1 Å². The van der Waals surface area contributed by atoms with Crippen molar-refractivity contribution in [1.29, 1.82) is 0 Å². The number of aromatic nitrogens is 3. The van der Waals surface area contributed by atoms with Crippen LogP contribution in [-0.2, 0) is 4.79 Å². The molecule has 1 saturated heterocycles. The summed E-state index contributed by atoms with van der Waals surface area (Å²) in [5.41, 5.74) is 1.49. The van der Waals surface area contributed by atoms with Crippen molar-refractivity contribution in [2.75, 3.05) is 25.0 Å². The SMILES string of the molecule is Cc1ccc(-c2[nH]nc(NC(=O)CC(C)(C)CN3CCCC3)c2F)cn1. The Kier molecular flexibility index (Phi) is 5.36. The van der Waals surface area contributed by atoms with Crippen molar-refractivity contribution in [2.24, 2.45) is 5.41 Å². The molecule has 0 aliphatic carbocycles. The van der Waals surface area contributed by atoms with Crippen LogP contribution in [0.4, 0.5) is 10.2 Å². The van der Waals surface area contributed by atoms with Crippen molar-refractivity contribution in [3.8, 4) is 11.3 Å². The minimum absolute atomic E-state index is 0.0671. The van der Waals surface area contributed by atoms with Gasteiger partial charge in [-0.2, -0.15) is 5.10 Å². The number of nitrogens with zero attached hydrogens (tertiary/aromatic N) is 3. The van der Waals surface area contributed by atoms with Gasteiger partial charge in [-0.15, -0.1) is 0 Å². The van der Waals surface area contributed by atoms with Gasteiger partial charge >= 0.3 is 0 Å². The molecule has 26 heavy (non-hydrogen) atoms. The summed E-state index contributed by atoms with van der Waals surface area (Å²) < 4.78 is 14.6. The maximum Gasteiger partial charge on any atom is 0.226 e. The van der Waals surface area contributed by atoms with E-state index < -0.39 is 5.82 Å². The third-order valence-electron chi connectivity index (χ3n) is 4.65. The van der Waals surface area contributed by atoms with Crippen LogP contribution in [0, 0.1) is 18.2 Å². The zero-order valence-electron chi connectivity index (χ0n) is 15.6. The lowest BCUT2D eigenvalue weighted by Crippen LogP contribution is -2.35. The Morgan fingerprint density at radius 3 is 2.73 bits per heavy atom. The summed E-state index contributed by atoms with van der Waals surface area (Å²) in [4.78, 5) is 18.9. The van der Waals surface area contributed by atoms with E-state index in [0.29, 0.717) is 12.0 Å². The van der Waals surface area contributed by atoms with Crippen LogP contribution in [-0.4, -0.2) is 45.6 Å². The highest BCUT2D eigenvalue weighted by molar-refractivity contribution is 5.91. The third-order valence-corrected chi connectivity index (χ3v) is 4.65. The molecule has 0 atom stereocenters. The van der Waals surface area contributed by atoms with E-state index in [4.69, 9.17) is 0 Å². The van der Waals surface area contributed by atoms with Gasteiger partial charge in [0, 0.05) is 30.4 Å². The molecular weight excluding hydrogens is 333 g/mol. The van der Waals surface area contributed by atoms with Crippen molar-refractivity contribution in [3.05, 3.63) is 29.8 Å². The number of hydrogen-bond donors (Lipinski definition) is 2. The standard InChI is InChI=1S/C19H26FN5O/c1-13-6-7-14(11-21-13)17-16(20)18(24-23-17)22-15(26)10-19(2,3)12-25-8-4-5-9-25/h6-7,11H,4-5,8-10,12H2,1-3H3,(H2,22,23,24,26). The number of rotatable bonds is 6. The molecule has 0 spiro atoms. The summed E-state index contributed by atoms with van der Waals surface area (Å²) in [7, 11) is 0. The number of likely N-dealkylation sites (tertiary alicyclic amines) is 1. The van der Waals surface area contributed by atoms with E-state index >= 15 is 0 Å². The van der Waals surface area contributed by atoms with Crippen LogP contribution in [0.2, 0.25) is 0 Å². The highest BCUT2D eigenvalue weighted by Crippen LogP contribution is 2.27. The van der Waals surface area contributed by atoms with E-state index in [2.05, 4.69) is 39.2 Å². The first-order chi connectivity index (χ1) is 12.3. The number of aryl methyl sites for hydroxylation is 1. The lowest BCUT2D eigenvalue weighted by molar-refractivity contribution is -0.118. The highest BCUT2D eigenvalue weighted by atomic mass is 19.1. The highest BCUT2D eigenvalue weighted by Gasteiger charge is 2.27. The van der Waals surface area contributed by atoms with Crippen molar-refractivity contribution < 1.29 is 9.18 Å². The fourth-order valence-corrected chi connectivity index (χ4v) is 3.43. The molecule has 1 amide bonds.